The Morgan fingerprint density at radius 1 is 0.706 bits per heavy atom. The highest BCUT2D eigenvalue weighted by Gasteiger charge is 2.14. The second-order valence-electron chi connectivity index (χ2n) is 9.11. The number of likely N-dealkylation sites (N-methyl/N-ethyl adjacent to an activating group) is 1. The maximum Gasteiger partial charge on any atom is 0.0723 e. The molecule has 0 spiro atoms. The van der Waals surface area contributed by atoms with Gasteiger partial charge in [0.05, 0.1) is 5.52 Å². The number of nitrogens with one attached hydrogen (secondary N) is 1. The van der Waals surface area contributed by atoms with Gasteiger partial charge in [0.15, 0.2) is 0 Å². The summed E-state index contributed by atoms with van der Waals surface area (Å²) >= 11 is 0. The van der Waals surface area contributed by atoms with Gasteiger partial charge in [0, 0.05) is 54.8 Å². The molecule has 1 fully saturated rings. The number of piperazine rings is 1. The van der Waals surface area contributed by atoms with E-state index in [0.717, 1.165) is 48.5 Å². The first-order valence-corrected chi connectivity index (χ1v) is 11.9. The minimum absolute atomic E-state index is 0.989. The summed E-state index contributed by atoms with van der Waals surface area (Å²) in [5.41, 5.74) is 6.84. The highest BCUT2D eigenvalue weighted by Crippen LogP contribution is 2.31. The number of fused-ring (bicyclic) bond motifs is 2. The standard InChI is InChI=1S/C30H28N4/c1-33-16-18-34(19-17-33)27-11-9-26(10-12-27)32-30-14-15-31-29-13-8-25(21-28(29)30)24-7-6-22-4-2-3-5-23(22)20-24/h2-15,20-21H,16-19H2,1H3,(H,31,32). The van der Waals surface area contributed by atoms with Crippen LogP contribution in [0.5, 0.6) is 0 Å². The summed E-state index contributed by atoms with van der Waals surface area (Å²) in [6, 6.07) is 32.5. The van der Waals surface area contributed by atoms with Gasteiger partial charge in [-0.1, -0.05) is 42.5 Å². The Morgan fingerprint density at radius 2 is 1.44 bits per heavy atom. The average molecular weight is 445 g/mol. The van der Waals surface area contributed by atoms with Crippen LogP contribution in [-0.4, -0.2) is 43.1 Å². The quantitative estimate of drug-likeness (QED) is 0.341. The molecular weight excluding hydrogens is 416 g/mol. The monoisotopic (exact) mass is 444 g/mol. The van der Waals surface area contributed by atoms with E-state index in [0.29, 0.717) is 0 Å². The van der Waals surface area contributed by atoms with E-state index in [4.69, 9.17) is 0 Å². The lowest BCUT2D eigenvalue weighted by molar-refractivity contribution is 0.313. The van der Waals surface area contributed by atoms with Gasteiger partial charge in [-0.3, -0.25) is 4.98 Å². The molecule has 34 heavy (non-hydrogen) atoms. The van der Waals surface area contributed by atoms with Gasteiger partial charge in [-0.15, -0.1) is 0 Å². The van der Waals surface area contributed by atoms with E-state index < -0.39 is 0 Å². The second kappa shape index (κ2) is 8.81. The van der Waals surface area contributed by atoms with Gasteiger partial charge in [0.25, 0.3) is 0 Å². The highest BCUT2D eigenvalue weighted by atomic mass is 15.2. The van der Waals surface area contributed by atoms with Crippen LogP contribution in [0.15, 0.2) is 97.2 Å². The largest absolute Gasteiger partial charge is 0.369 e. The lowest BCUT2D eigenvalue weighted by atomic mass is 9.99. The molecule has 0 unspecified atom stereocenters. The van der Waals surface area contributed by atoms with Crippen LogP contribution >= 0.6 is 0 Å². The van der Waals surface area contributed by atoms with Crippen molar-refractivity contribution in [3.63, 3.8) is 0 Å². The zero-order valence-electron chi connectivity index (χ0n) is 19.4. The predicted octanol–water partition coefficient (Wildman–Crippen LogP) is 6.55. The molecule has 0 saturated carbocycles. The molecule has 0 atom stereocenters. The third-order valence-corrected chi connectivity index (χ3v) is 6.84. The van der Waals surface area contributed by atoms with Crippen molar-refractivity contribution in [2.24, 2.45) is 0 Å². The van der Waals surface area contributed by atoms with Crippen molar-refractivity contribution in [2.75, 3.05) is 43.4 Å². The summed E-state index contributed by atoms with van der Waals surface area (Å²) in [4.78, 5) is 9.44. The van der Waals surface area contributed by atoms with E-state index in [-0.39, 0.29) is 0 Å². The molecule has 1 N–H and O–H groups in total. The van der Waals surface area contributed by atoms with E-state index in [2.05, 4.69) is 118 Å². The Balaban J connectivity index is 1.29. The molecule has 0 aliphatic carbocycles. The van der Waals surface area contributed by atoms with E-state index in [1.807, 2.05) is 6.20 Å². The minimum atomic E-state index is 0.989. The first kappa shape index (κ1) is 20.7. The Kier molecular flexibility index (Phi) is 5.36. The van der Waals surface area contributed by atoms with Crippen molar-refractivity contribution in [3.05, 3.63) is 97.2 Å². The third-order valence-electron chi connectivity index (χ3n) is 6.84. The molecule has 4 aromatic carbocycles. The number of hydrogen-bond donors (Lipinski definition) is 1. The first-order chi connectivity index (χ1) is 16.7. The highest BCUT2D eigenvalue weighted by molar-refractivity contribution is 5.96. The van der Waals surface area contributed by atoms with Crippen molar-refractivity contribution in [1.82, 2.24) is 9.88 Å². The molecule has 168 valence electrons. The number of hydrogen-bond acceptors (Lipinski definition) is 4. The van der Waals surface area contributed by atoms with Gasteiger partial charge in [0.1, 0.15) is 0 Å². The van der Waals surface area contributed by atoms with Crippen LogP contribution in [0.3, 0.4) is 0 Å². The number of aromatic nitrogens is 1. The maximum atomic E-state index is 4.60. The summed E-state index contributed by atoms with van der Waals surface area (Å²) in [6.07, 6.45) is 1.87. The van der Waals surface area contributed by atoms with Crippen LogP contribution < -0.4 is 10.2 Å². The molecule has 6 rings (SSSR count). The molecule has 5 aromatic rings. The lowest BCUT2D eigenvalue weighted by Crippen LogP contribution is -2.44. The number of anilines is 3. The van der Waals surface area contributed by atoms with Crippen LogP contribution in [0, 0.1) is 0 Å². The number of rotatable bonds is 4. The summed E-state index contributed by atoms with van der Waals surface area (Å²) in [5, 5.41) is 7.26. The number of benzene rings is 4. The smallest absolute Gasteiger partial charge is 0.0723 e. The summed E-state index contributed by atoms with van der Waals surface area (Å²) in [6.45, 7) is 4.39. The molecule has 1 aromatic heterocycles. The minimum Gasteiger partial charge on any atom is -0.369 e. The van der Waals surface area contributed by atoms with Crippen LogP contribution in [0.25, 0.3) is 32.8 Å². The summed E-state index contributed by atoms with van der Waals surface area (Å²) < 4.78 is 0. The van der Waals surface area contributed by atoms with Crippen LogP contribution in [0.1, 0.15) is 0 Å². The maximum absolute atomic E-state index is 4.60. The second-order valence-corrected chi connectivity index (χ2v) is 9.11. The molecule has 1 saturated heterocycles. The van der Waals surface area contributed by atoms with Crippen LogP contribution in [0.4, 0.5) is 17.1 Å². The molecule has 1 aliphatic heterocycles. The molecule has 2 heterocycles. The van der Waals surface area contributed by atoms with Gasteiger partial charge < -0.3 is 15.1 Å². The summed E-state index contributed by atoms with van der Waals surface area (Å²) in [7, 11) is 2.19. The Labute approximate surface area is 200 Å². The van der Waals surface area contributed by atoms with Crippen molar-refractivity contribution >= 4 is 38.7 Å². The SMILES string of the molecule is CN1CCN(c2ccc(Nc3ccnc4ccc(-c5ccc6ccccc6c5)cc34)cc2)CC1. The number of nitrogens with zero attached hydrogens (tertiary/aromatic N) is 3. The molecule has 0 radical (unpaired) electrons. The van der Waals surface area contributed by atoms with E-state index in [1.54, 1.807) is 0 Å². The van der Waals surface area contributed by atoms with Crippen molar-refractivity contribution in [3.8, 4) is 11.1 Å². The molecule has 4 nitrogen and oxygen atoms in total. The van der Waals surface area contributed by atoms with E-state index in [1.165, 1.54) is 27.6 Å². The molecular formula is C30H28N4. The van der Waals surface area contributed by atoms with Gasteiger partial charge in [-0.2, -0.15) is 0 Å². The van der Waals surface area contributed by atoms with Gasteiger partial charge >= 0.3 is 0 Å². The van der Waals surface area contributed by atoms with Gasteiger partial charge in [-0.05, 0) is 77.5 Å². The van der Waals surface area contributed by atoms with Gasteiger partial charge in [-0.25, -0.2) is 0 Å². The Hall–Kier alpha value is -3.89. The Bertz CT molecular complexity index is 1450. The third kappa shape index (κ3) is 4.09. The molecule has 4 heteroatoms. The average Bonchev–Trinajstić information content (AvgIpc) is 2.89. The molecule has 0 bridgehead atoms. The van der Waals surface area contributed by atoms with Gasteiger partial charge in [0.2, 0.25) is 0 Å². The van der Waals surface area contributed by atoms with Crippen LogP contribution in [0.2, 0.25) is 0 Å². The number of pyridine rings is 1. The first-order valence-electron chi connectivity index (χ1n) is 11.9. The fraction of sp³-hybridized carbons (Fsp3) is 0.167. The predicted molar refractivity (Wildman–Crippen MR) is 144 cm³/mol. The molecule has 0 amide bonds. The fourth-order valence-electron chi connectivity index (χ4n) is 4.78. The van der Waals surface area contributed by atoms with Crippen molar-refractivity contribution in [1.29, 1.82) is 0 Å². The van der Waals surface area contributed by atoms with Crippen molar-refractivity contribution in [2.45, 2.75) is 0 Å². The normalized spacial score (nSPS) is 14.6. The van der Waals surface area contributed by atoms with E-state index in [9.17, 15) is 0 Å². The lowest BCUT2D eigenvalue weighted by Gasteiger charge is -2.34. The Morgan fingerprint density at radius 3 is 2.26 bits per heavy atom. The fourth-order valence-corrected chi connectivity index (χ4v) is 4.78. The van der Waals surface area contributed by atoms with E-state index >= 15 is 0 Å². The van der Waals surface area contributed by atoms with Crippen LogP contribution in [-0.2, 0) is 0 Å². The topological polar surface area (TPSA) is 31.4 Å². The molecule has 1 aliphatic rings. The zero-order chi connectivity index (χ0) is 22.9. The summed E-state index contributed by atoms with van der Waals surface area (Å²) in [5.74, 6) is 0. The zero-order valence-corrected chi connectivity index (χ0v) is 19.4. The van der Waals surface area contributed by atoms with Crippen molar-refractivity contribution < 1.29 is 0 Å².